The fourth-order valence-electron chi connectivity index (χ4n) is 3.94. The van der Waals surface area contributed by atoms with Crippen LogP contribution in [0.25, 0.3) is 10.9 Å². The Morgan fingerprint density at radius 2 is 1.66 bits per heavy atom. The Balaban J connectivity index is 1.56. The second-order valence-corrected chi connectivity index (χ2v) is 8.71. The maximum atomic E-state index is 5.93. The van der Waals surface area contributed by atoms with Crippen molar-refractivity contribution in [1.29, 1.82) is 0 Å². The van der Waals surface area contributed by atoms with Crippen LogP contribution < -0.4 is 19.6 Å². The van der Waals surface area contributed by atoms with Crippen molar-refractivity contribution >= 4 is 28.6 Å². The van der Waals surface area contributed by atoms with Gasteiger partial charge in [-0.25, -0.2) is 9.98 Å². The van der Waals surface area contributed by atoms with Crippen molar-refractivity contribution in [3.63, 3.8) is 0 Å². The van der Waals surface area contributed by atoms with Gasteiger partial charge in [0.25, 0.3) is 0 Å². The number of fused-ring (bicyclic) bond motifs is 1. The molecule has 0 bridgehead atoms. The number of pyridine rings is 1. The molecule has 0 unspecified atom stereocenters. The van der Waals surface area contributed by atoms with Gasteiger partial charge in [-0.2, -0.15) is 5.10 Å². The number of ether oxygens (including phenoxy) is 3. The molecule has 3 aromatic carbocycles. The number of aromatic nitrogens is 1. The largest absolute Gasteiger partial charge is 0.494 e. The zero-order valence-electron chi connectivity index (χ0n) is 22.2. The summed E-state index contributed by atoms with van der Waals surface area (Å²) < 4.78 is 17.0. The van der Waals surface area contributed by atoms with E-state index in [9.17, 15) is 0 Å². The summed E-state index contributed by atoms with van der Waals surface area (Å²) >= 11 is 0. The molecule has 0 aliphatic rings. The molecule has 0 saturated carbocycles. The van der Waals surface area contributed by atoms with E-state index in [1.807, 2.05) is 78.9 Å². The highest BCUT2D eigenvalue weighted by molar-refractivity contribution is 6.01. The van der Waals surface area contributed by atoms with Gasteiger partial charge in [-0.05, 0) is 54.4 Å². The van der Waals surface area contributed by atoms with Gasteiger partial charge >= 0.3 is 0 Å². The van der Waals surface area contributed by atoms with Crippen molar-refractivity contribution in [2.75, 3.05) is 20.8 Å². The van der Waals surface area contributed by atoms with E-state index in [2.05, 4.69) is 17.5 Å². The lowest BCUT2D eigenvalue weighted by atomic mass is 10.2. The van der Waals surface area contributed by atoms with Crippen molar-refractivity contribution in [3.05, 3.63) is 90.1 Å². The highest BCUT2D eigenvalue weighted by Gasteiger charge is 2.10. The van der Waals surface area contributed by atoms with Gasteiger partial charge in [-0.3, -0.25) is 5.43 Å². The summed E-state index contributed by atoms with van der Waals surface area (Å²) in [5, 5.41) is 5.52. The third-order valence-electron chi connectivity index (χ3n) is 5.99. The molecular formula is C31H34N4O3. The van der Waals surface area contributed by atoms with Gasteiger partial charge in [0.2, 0.25) is 0 Å². The topological polar surface area (TPSA) is 77.3 Å². The maximum absolute atomic E-state index is 5.93. The number of aliphatic imine (C=N–C) groups is 1. The second-order valence-electron chi connectivity index (χ2n) is 8.71. The predicted molar refractivity (Wildman–Crippen MR) is 154 cm³/mol. The molecule has 1 aromatic heterocycles. The zero-order valence-corrected chi connectivity index (χ0v) is 22.2. The number of nitrogens with one attached hydrogen (secondary N) is 1. The molecule has 38 heavy (non-hydrogen) atoms. The second kappa shape index (κ2) is 13.8. The maximum Gasteiger partial charge on any atom is 0.173 e. The van der Waals surface area contributed by atoms with Crippen LogP contribution in [0.5, 0.6) is 17.2 Å². The monoisotopic (exact) mass is 510 g/mol. The Labute approximate surface area is 224 Å². The Morgan fingerprint density at radius 1 is 0.842 bits per heavy atom. The quantitative estimate of drug-likeness (QED) is 0.0969. The summed E-state index contributed by atoms with van der Waals surface area (Å²) in [5.74, 6) is 2.55. The number of hydrogen-bond donors (Lipinski definition) is 1. The molecule has 1 heterocycles. The van der Waals surface area contributed by atoms with Gasteiger partial charge in [0.15, 0.2) is 17.3 Å². The summed E-state index contributed by atoms with van der Waals surface area (Å²) in [6.07, 6.45) is 6.33. The molecule has 7 nitrogen and oxygen atoms in total. The third kappa shape index (κ3) is 7.09. The average Bonchev–Trinajstić information content (AvgIpc) is 2.97. The van der Waals surface area contributed by atoms with E-state index in [4.69, 9.17) is 24.2 Å². The first kappa shape index (κ1) is 26.7. The number of rotatable bonds is 12. The molecule has 0 radical (unpaired) electrons. The van der Waals surface area contributed by atoms with Crippen LogP contribution in [0.2, 0.25) is 0 Å². The molecule has 4 rings (SSSR count). The van der Waals surface area contributed by atoms with E-state index in [1.54, 1.807) is 20.4 Å². The lowest BCUT2D eigenvalue weighted by Crippen LogP contribution is -2.20. The Hall–Kier alpha value is -4.39. The molecular weight excluding hydrogens is 476 g/mol. The summed E-state index contributed by atoms with van der Waals surface area (Å²) in [6.45, 7) is 2.87. The molecule has 0 atom stereocenters. The molecule has 4 aromatic rings. The number of hydrazone groups is 1. The number of hydrogen-bond acceptors (Lipinski definition) is 6. The summed E-state index contributed by atoms with van der Waals surface area (Å²) in [5.41, 5.74) is 6.15. The van der Waals surface area contributed by atoms with Crippen molar-refractivity contribution in [1.82, 2.24) is 10.4 Å². The van der Waals surface area contributed by atoms with Gasteiger partial charge in [0.05, 0.1) is 32.6 Å². The molecule has 0 fully saturated rings. The van der Waals surface area contributed by atoms with Crippen LogP contribution in [-0.4, -0.2) is 37.9 Å². The Kier molecular flexibility index (Phi) is 9.68. The first-order valence-corrected chi connectivity index (χ1v) is 12.9. The lowest BCUT2D eigenvalue weighted by Gasteiger charge is -2.11. The van der Waals surface area contributed by atoms with E-state index < -0.39 is 0 Å². The first-order valence-electron chi connectivity index (χ1n) is 12.9. The first-order chi connectivity index (χ1) is 18.7. The fourth-order valence-corrected chi connectivity index (χ4v) is 3.94. The van der Waals surface area contributed by atoms with E-state index >= 15 is 0 Å². The minimum Gasteiger partial charge on any atom is -0.494 e. The molecule has 0 aliphatic carbocycles. The average molecular weight is 511 g/mol. The highest BCUT2D eigenvalue weighted by atomic mass is 16.5. The standard InChI is InChI=1S/C31H34N4O3/c1-4-5-6-11-20-38-29-19-16-23(21-30(29)37-3)22-32-35-31(34-26-14-9-10-15-28(26)36-2)27-18-17-24-12-7-8-13-25(24)33-27/h7-10,12-19,21-22H,4-6,11,20H2,1-3H3,(H,34,35). The smallest absolute Gasteiger partial charge is 0.173 e. The molecule has 196 valence electrons. The van der Waals surface area contributed by atoms with E-state index in [0.29, 0.717) is 35.3 Å². The third-order valence-corrected chi connectivity index (χ3v) is 5.99. The van der Waals surface area contributed by atoms with Crippen LogP contribution in [0.15, 0.2) is 89.0 Å². The van der Waals surface area contributed by atoms with Gasteiger partial charge < -0.3 is 14.2 Å². The number of benzene rings is 3. The van der Waals surface area contributed by atoms with Gasteiger partial charge in [0, 0.05) is 5.39 Å². The molecule has 7 heteroatoms. The zero-order chi connectivity index (χ0) is 26.6. The van der Waals surface area contributed by atoms with Crippen LogP contribution in [0.1, 0.15) is 43.9 Å². The molecule has 1 N–H and O–H groups in total. The minimum absolute atomic E-state index is 0.496. The molecule has 0 saturated heterocycles. The number of nitrogens with zero attached hydrogens (tertiary/aromatic N) is 3. The van der Waals surface area contributed by atoms with Gasteiger partial charge in [0.1, 0.15) is 17.1 Å². The fraction of sp³-hybridized carbons (Fsp3) is 0.258. The molecule has 0 aliphatic heterocycles. The SMILES string of the molecule is CCCCCCOc1ccc(C=NNC(=Nc2ccccc2OC)c2ccc3ccccc3n2)cc1OC. The van der Waals surface area contributed by atoms with Crippen molar-refractivity contribution < 1.29 is 14.2 Å². The number of methoxy groups -OCH3 is 2. The van der Waals surface area contributed by atoms with Crippen molar-refractivity contribution in [2.45, 2.75) is 32.6 Å². The van der Waals surface area contributed by atoms with E-state index in [1.165, 1.54) is 19.3 Å². The summed E-state index contributed by atoms with van der Waals surface area (Å²) in [7, 11) is 3.27. The number of unbranched alkanes of at least 4 members (excludes halogenated alkanes) is 3. The van der Waals surface area contributed by atoms with Gasteiger partial charge in [-0.1, -0.05) is 62.6 Å². The summed E-state index contributed by atoms with van der Waals surface area (Å²) in [4.78, 5) is 9.59. The number of para-hydroxylation sites is 3. The number of amidine groups is 1. The normalized spacial score (nSPS) is 11.6. The lowest BCUT2D eigenvalue weighted by molar-refractivity contribution is 0.285. The minimum atomic E-state index is 0.496. The van der Waals surface area contributed by atoms with Crippen LogP contribution in [0.3, 0.4) is 0 Å². The van der Waals surface area contributed by atoms with Crippen LogP contribution in [0, 0.1) is 0 Å². The Bertz CT molecular complexity index is 1400. The molecule has 0 amide bonds. The highest BCUT2D eigenvalue weighted by Crippen LogP contribution is 2.28. The van der Waals surface area contributed by atoms with Crippen LogP contribution in [0.4, 0.5) is 5.69 Å². The van der Waals surface area contributed by atoms with Gasteiger partial charge in [-0.15, -0.1) is 0 Å². The van der Waals surface area contributed by atoms with Crippen LogP contribution in [-0.2, 0) is 0 Å². The summed E-state index contributed by atoms with van der Waals surface area (Å²) in [6, 6.07) is 25.2. The molecule has 0 spiro atoms. The van der Waals surface area contributed by atoms with E-state index in [-0.39, 0.29) is 0 Å². The van der Waals surface area contributed by atoms with Crippen molar-refractivity contribution in [2.24, 2.45) is 10.1 Å². The van der Waals surface area contributed by atoms with E-state index in [0.717, 1.165) is 28.6 Å². The van der Waals surface area contributed by atoms with Crippen molar-refractivity contribution in [3.8, 4) is 17.2 Å². The Morgan fingerprint density at radius 3 is 2.50 bits per heavy atom. The van der Waals surface area contributed by atoms with Crippen LogP contribution >= 0.6 is 0 Å². The predicted octanol–water partition coefficient (Wildman–Crippen LogP) is 6.91.